The first-order chi connectivity index (χ1) is 12.1. The normalized spacial score (nSPS) is 11.3. The van der Waals surface area contributed by atoms with Crippen molar-refractivity contribution in [3.63, 3.8) is 0 Å². The summed E-state index contributed by atoms with van der Waals surface area (Å²) in [4.78, 5) is 4.47. The Labute approximate surface area is 145 Å². The van der Waals surface area contributed by atoms with Crippen molar-refractivity contribution in [3.8, 4) is 23.0 Å². The Kier molecular flexibility index (Phi) is 3.57. The number of hydrogen-bond acceptors (Lipinski definition) is 5. The summed E-state index contributed by atoms with van der Waals surface area (Å²) in [5.41, 5.74) is 11.8. The minimum Gasteiger partial charge on any atom is -0.451 e. The van der Waals surface area contributed by atoms with Gasteiger partial charge in [0.25, 0.3) is 5.89 Å². The van der Waals surface area contributed by atoms with Crippen LogP contribution in [0.5, 0.6) is 0 Å². The molecular weight excluding hydrogens is 314 g/mol. The molecule has 2 aromatic carbocycles. The quantitative estimate of drug-likeness (QED) is 0.539. The van der Waals surface area contributed by atoms with Gasteiger partial charge in [-0.25, -0.2) is 0 Å². The summed E-state index contributed by atoms with van der Waals surface area (Å²) in [6, 6.07) is 12.0. The summed E-state index contributed by atoms with van der Waals surface area (Å²) in [7, 11) is 0. The molecule has 0 spiro atoms. The number of aryl methyl sites for hydroxylation is 3. The number of rotatable bonds is 3. The van der Waals surface area contributed by atoms with Crippen molar-refractivity contribution in [2.75, 3.05) is 5.73 Å². The zero-order valence-corrected chi connectivity index (χ0v) is 14.5. The van der Waals surface area contributed by atoms with Crippen LogP contribution >= 0.6 is 0 Å². The zero-order valence-electron chi connectivity index (χ0n) is 14.5. The molecule has 0 unspecified atom stereocenters. The van der Waals surface area contributed by atoms with Crippen molar-refractivity contribution in [1.82, 2.24) is 10.1 Å². The van der Waals surface area contributed by atoms with Gasteiger partial charge >= 0.3 is 0 Å². The maximum absolute atomic E-state index is 6.13. The van der Waals surface area contributed by atoms with Crippen molar-refractivity contribution in [2.24, 2.45) is 0 Å². The van der Waals surface area contributed by atoms with Crippen LogP contribution in [0.15, 0.2) is 45.3 Å². The zero-order chi connectivity index (χ0) is 17.6. The van der Waals surface area contributed by atoms with Crippen LogP contribution < -0.4 is 5.73 Å². The maximum Gasteiger partial charge on any atom is 0.293 e. The van der Waals surface area contributed by atoms with Crippen LogP contribution in [0.25, 0.3) is 34.0 Å². The molecule has 0 atom stereocenters. The van der Waals surface area contributed by atoms with Gasteiger partial charge in [0.15, 0.2) is 5.76 Å². The Hall–Kier alpha value is -3.08. The van der Waals surface area contributed by atoms with Crippen molar-refractivity contribution < 1.29 is 8.94 Å². The first kappa shape index (κ1) is 15.4. The van der Waals surface area contributed by atoms with Gasteiger partial charge < -0.3 is 14.7 Å². The number of furan rings is 1. The van der Waals surface area contributed by atoms with E-state index >= 15 is 0 Å². The Balaban J connectivity index is 1.77. The number of nitrogens with zero attached hydrogens (tertiary/aromatic N) is 2. The van der Waals surface area contributed by atoms with Crippen LogP contribution in [0.3, 0.4) is 0 Å². The molecule has 0 saturated carbocycles. The van der Waals surface area contributed by atoms with Crippen LogP contribution in [-0.2, 0) is 6.42 Å². The molecule has 0 aliphatic heterocycles. The molecule has 2 aromatic heterocycles. The van der Waals surface area contributed by atoms with E-state index in [0.717, 1.165) is 34.1 Å². The third-order valence-electron chi connectivity index (χ3n) is 4.50. The fraction of sp³-hybridized carbons (Fsp3) is 0.200. The lowest BCUT2D eigenvalue weighted by atomic mass is 10.1. The number of hydrogen-bond donors (Lipinski definition) is 1. The summed E-state index contributed by atoms with van der Waals surface area (Å²) >= 11 is 0. The molecule has 0 bridgehead atoms. The van der Waals surface area contributed by atoms with E-state index in [0.29, 0.717) is 23.2 Å². The molecule has 2 heterocycles. The van der Waals surface area contributed by atoms with Gasteiger partial charge in [0.2, 0.25) is 5.82 Å². The number of benzene rings is 2. The predicted molar refractivity (Wildman–Crippen MR) is 98.2 cm³/mol. The molecule has 5 heteroatoms. The highest BCUT2D eigenvalue weighted by molar-refractivity contribution is 5.87. The fourth-order valence-corrected chi connectivity index (χ4v) is 2.97. The van der Waals surface area contributed by atoms with Crippen LogP contribution in [-0.4, -0.2) is 10.1 Å². The monoisotopic (exact) mass is 333 g/mol. The van der Waals surface area contributed by atoms with Crippen molar-refractivity contribution in [2.45, 2.75) is 27.2 Å². The lowest BCUT2D eigenvalue weighted by molar-refractivity contribution is 0.420. The average molecular weight is 333 g/mol. The number of nitrogens with two attached hydrogens (primary N) is 1. The van der Waals surface area contributed by atoms with Crippen molar-refractivity contribution >= 4 is 16.7 Å². The number of aromatic nitrogens is 2. The Bertz CT molecular complexity index is 1040. The minimum atomic E-state index is 0.351. The molecule has 25 heavy (non-hydrogen) atoms. The minimum absolute atomic E-state index is 0.351. The number of anilines is 1. The molecule has 0 aliphatic carbocycles. The lowest BCUT2D eigenvalue weighted by Gasteiger charge is -2.03. The van der Waals surface area contributed by atoms with Crippen LogP contribution in [0, 0.1) is 13.8 Å². The van der Waals surface area contributed by atoms with Gasteiger partial charge in [0, 0.05) is 16.6 Å². The SMILES string of the molecule is CCc1ccc(-c2noc(-c3cc4c(C)ccc(C)c4o3)n2)c(N)c1. The van der Waals surface area contributed by atoms with E-state index < -0.39 is 0 Å². The standard InChI is InChI=1S/C20H19N3O2/c1-4-13-7-8-14(16(21)9-13)19-22-20(25-23-19)17-10-15-11(2)5-6-12(3)18(15)24-17/h5-10H,4,21H2,1-3H3. The summed E-state index contributed by atoms with van der Waals surface area (Å²) in [6.45, 7) is 6.16. The molecule has 0 aliphatic rings. The highest BCUT2D eigenvalue weighted by Gasteiger charge is 2.17. The highest BCUT2D eigenvalue weighted by Crippen LogP contribution is 2.32. The largest absolute Gasteiger partial charge is 0.451 e. The second kappa shape index (κ2) is 5.77. The van der Waals surface area contributed by atoms with Gasteiger partial charge in [-0.05, 0) is 55.2 Å². The van der Waals surface area contributed by atoms with Crippen molar-refractivity contribution in [1.29, 1.82) is 0 Å². The van der Waals surface area contributed by atoms with Crippen LogP contribution in [0.2, 0.25) is 0 Å². The maximum atomic E-state index is 6.13. The van der Waals surface area contributed by atoms with Crippen LogP contribution in [0.1, 0.15) is 23.6 Å². The molecule has 0 fully saturated rings. The molecule has 126 valence electrons. The van der Waals surface area contributed by atoms with Gasteiger partial charge in [-0.15, -0.1) is 0 Å². The smallest absolute Gasteiger partial charge is 0.293 e. The molecular formula is C20H19N3O2. The second-order valence-electron chi connectivity index (χ2n) is 6.25. The third-order valence-corrected chi connectivity index (χ3v) is 4.50. The summed E-state index contributed by atoms with van der Waals surface area (Å²) in [6.07, 6.45) is 0.930. The molecule has 0 radical (unpaired) electrons. The van der Waals surface area contributed by atoms with Crippen LogP contribution in [0.4, 0.5) is 5.69 Å². The summed E-state index contributed by atoms with van der Waals surface area (Å²) in [5.74, 6) is 1.38. The number of nitrogen functional groups attached to an aromatic ring is 1. The summed E-state index contributed by atoms with van der Waals surface area (Å²) < 4.78 is 11.4. The highest BCUT2D eigenvalue weighted by atomic mass is 16.5. The van der Waals surface area contributed by atoms with E-state index in [4.69, 9.17) is 14.7 Å². The van der Waals surface area contributed by atoms with E-state index in [1.165, 1.54) is 5.56 Å². The number of fused-ring (bicyclic) bond motifs is 1. The molecule has 4 rings (SSSR count). The van der Waals surface area contributed by atoms with Gasteiger partial charge in [-0.3, -0.25) is 0 Å². The van der Waals surface area contributed by atoms with Crippen molar-refractivity contribution in [3.05, 3.63) is 53.1 Å². The fourth-order valence-electron chi connectivity index (χ4n) is 2.97. The Morgan fingerprint density at radius 1 is 1.04 bits per heavy atom. The topological polar surface area (TPSA) is 78.1 Å². The molecule has 0 amide bonds. The van der Waals surface area contributed by atoms with E-state index in [9.17, 15) is 0 Å². The third kappa shape index (κ3) is 2.58. The van der Waals surface area contributed by atoms with Gasteiger partial charge in [-0.2, -0.15) is 4.98 Å². The first-order valence-electron chi connectivity index (χ1n) is 8.29. The van der Waals surface area contributed by atoms with E-state index in [-0.39, 0.29) is 0 Å². The molecule has 2 N–H and O–H groups in total. The second-order valence-corrected chi connectivity index (χ2v) is 6.25. The molecule has 4 aromatic rings. The first-order valence-corrected chi connectivity index (χ1v) is 8.29. The average Bonchev–Trinajstić information content (AvgIpc) is 3.25. The van der Waals surface area contributed by atoms with E-state index in [1.807, 2.05) is 37.3 Å². The predicted octanol–water partition coefficient (Wildman–Crippen LogP) is 4.91. The van der Waals surface area contributed by atoms with E-state index in [1.54, 1.807) is 0 Å². The van der Waals surface area contributed by atoms with E-state index in [2.05, 4.69) is 30.1 Å². The molecule has 5 nitrogen and oxygen atoms in total. The van der Waals surface area contributed by atoms with Gasteiger partial charge in [0.05, 0.1) is 0 Å². The lowest BCUT2D eigenvalue weighted by Crippen LogP contribution is -1.93. The van der Waals surface area contributed by atoms with Gasteiger partial charge in [0.1, 0.15) is 5.58 Å². The van der Waals surface area contributed by atoms with Gasteiger partial charge in [-0.1, -0.05) is 30.3 Å². The molecule has 0 saturated heterocycles. The Morgan fingerprint density at radius 2 is 1.84 bits per heavy atom. The summed E-state index contributed by atoms with van der Waals surface area (Å²) in [5, 5.41) is 5.13. The Morgan fingerprint density at radius 3 is 2.56 bits per heavy atom.